The molecule has 0 aliphatic carbocycles. The van der Waals surface area contributed by atoms with E-state index < -0.39 is 16.8 Å². The van der Waals surface area contributed by atoms with Gasteiger partial charge in [0.15, 0.2) is 0 Å². The third-order valence-corrected chi connectivity index (χ3v) is 6.40. The fraction of sp³-hybridized carbons (Fsp3) is 0.167. The molecular formula is C24H23NO3S. The first-order valence-electron chi connectivity index (χ1n) is 9.30. The Morgan fingerprint density at radius 2 is 1.31 bits per heavy atom. The molecule has 1 atom stereocenters. The van der Waals surface area contributed by atoms with Crippen molar-refractivity contribution in [2.75, 3.05) is 12.9 Å². The maximum atomic E-state index is 12.2. The van der Waals surface area contributed by atoms with Crippen molar-refractivity contribution in [1.82, 2.24) is 5.32 Å². The molecule has 0 aromatic heterocycles. The number of nitrogens with one attached hydrogen (secondary N) is 1. The summed E-state index contributed by atoms with van der Waals surface area (Å²) in [5.41, 5.74) is 3.28. The van der Waals surface area contributed by atoms with Gasteiger partial charge in [0.25, 0.3) is 0 Å². The van der Waals surface area contributed by atoms with Crippen molar-refractivity contribution in [2.24, 2.45) is 0 Å². The highest BCUT2D eigenvalue weighted by molar-refractivity contribution is 8.00. The van der Waals surface area contributed by atoms with E-state index in [4.69, 9.17) is 4.74 Å². The van der Waals surface area contributed by atoms with E-state index in [2.05, 4.69) is 41.7 Å². The highest BCUT2D eigenvalue weighted by Gasteiger charge is 2.38. The van der Waals surface area contributed by atoms with Gasteiger partial charge in [-0.25, -0.2) is 4.79 Å². The molecule has 0 saturated carbocycles. The number of thioether (sulfide) groups is 1. The van der Waals surface area contributed by atoms with Crippen LogP contribution in [0.4, 0.5) is 0 Å². The lowest BCUT2D eigenvalue weighted by Gasteiger charge is -2.36. The van der Waals surface area contributed by atoms with Crippen LogP contribution in [0.5, 0.6) is 0 Å². The summed E-state index contributed by atoms with van der Waals surface area (Å²) < 4.78 is 4.32. The van der Waals surface area contributed by atoms with Gasteiger partial charge < -0.3 is 10.1 Å². The Morgan fingerprint density at radius 1 is 0.897 bits per heavy atom. The maximum absolute atomic E-state index is 12.2. The molecule has 148 valence electrons. The average molecular weight is 406 g/mol. The molecule has 0 radical (unpaired) electrons. The molecule has 3 rings (SSSR count). The third-order valence-electron chi connectivity index (χ3n) is 4.76. The fourth-order valence-electron chi connectivity index (χ4n) is 3.39. The zero-order valence-corrected chi connectivity index (χ0v) is 17.0. The van der Waals surface area contributed by atoms with Crippen molar-refractivity contribution in [1.29, 1.82) is 0 Å². The van der Waals surface area contributed by atoms with Crippen LogP contribution in [-0.4, -0.2) is 31.3 Å². The van der Waals surface area contributed by atoms with E-state index in [0.29, 0.717) is 12.2 Å². The fourth-order valence-corrected chi connectivity index (χ4v) is 4.94. The second kappa shape index (κ2) is 9.94. The molecule has 3 aromatic carbocycles. The van der Waals surface area contributed by atoms with Gasteiger partial charge in [0.1, 0.15) is 6.04 Å². The van der Waals surface area contributed by atoms with Crippen molar-refractivity contribution in [2.45, 2.75) is 10.8 Å². The number of carbonyl (C=O) groups excluding carboxylic acids is 2. The lowest BCUT2D eigenvalue weighted by Crippen LogP contribution is -2.40. The summed E-state index contributed by atoms with van der Waals surface area (Å²) in [4.78, 5) is 23.2. The Balaban J connectivity index is 2.14. The largest absolute Gasteiger partial charge is 0.467 e. The van der Waals surface area contributed by atoms with Crippen molar-refractivity contribution >= 4 is 24.1 Å². The minimum atomic E-state index is -0.738. The van der Waals surface area contributed by atoms with Gasteiger partial charge in [0.2, 0.25) is 6.41 Å². The first kappa shape index (κ1) is 20.7. The van der Waals surface area contributed by atoms with Gasteiger partial charge in [-0.15, -0.1) is 11.8 Å². The molecule has 4 nitrogen and oxygen atoms in total. The predicted octanol–water partition coefficient (Wildman–Crippen LogP) is 4.00. The van der Waals surface area contributed by atoms with E-state index in [9.17, 15) is 9.59 Å². The van der Waals surface area contributed by atoms with Crippen LogP contribution < -0.4 is 5.32 Å². The molecule has 0 spiro atoms. The lowest BCUT2D eigenvalue weighted by atomic mass is 9.84. The van der Waals surface area contributed by atoms with Gasteiger partial charge in [0, 0.05) is 5.75 Å². The summed E-state index contributed by atoms with van der Waals surface area (Å²) in [7, 11) is 1.32. The summed E-state index contributed by atoms with van der Waals surface area (Å²) in [6, 6.07) is 29.8. The highest BCUT2D eigenvalue weighted by Crippen LogP contribution is 2.48. The van der Waals surface area contributed by atoms with Crippen LogP contribution in [0.2, 0.25) is 0 Å². The van der Waals surface area contributed by atoms with Crippen LogP contribution >= 0.6 is 11.8 Å². The number of carbonyl (C=O) groups is 2. The zero-order valence-electron chi connectivity index (χ0n) is 16.2. The summed E-state index contributed by atoms with van der Waals surface area (Å²) >= 11 is 1.60. The summed E-state index contributed by atoms with van der Waals surface area (Å²) in [5, 5.41) is 2.58. The van der Waals surface area contributed by atoms with E-state index in [-0.39, 0.29) is 0 Å². The second-order valence-electron chi connectivity index (χ2n) is 6.45. The number of benzene rings is 3. The number of amides is 1. The minimum absolute atomic E-state index is 0.351. The number of hydrogen-bond donors (Lipinski definition) is 1. The lowest BCUT2D eigenvalue weighted by molar-refractivity contribution is -0.143. The summed E-state index contributed by atoms with van der Waals surface area (Å²) in [5.74, 6) is -0.114. The number of hydrogen-bond acceptors (Lipinski definition) is 4. The first-order valence-corrected chi connectivity index (χ1v) is 10.3. The Kier molecular flexibility index (Phi) is 7.09. The van der Waals surface area contributed by atoms with Crippen LogP contribution in [-0.2, 0) is 19.1 Å². The number of rotatable bonds is 9. The monoisotopic (exact) mass is 405 g/mol. The Morgan fingerprint density at radius 3 is 1.66 bits per heavy atom. The number of esters is 1. The normalized spacial score (nSPS) is 12.0. The molecule has 0 bridgehead atoms. The molecular weight excluding hydrogens is 382 g/mol. The Hall–Kier alpha value is -3.05. The molecule has 0 saturated heterocycles. The van der Waals surface area contributed by atoms with Crippen LogP contribution in [0.25, 0.3) is 0 Å². The van der Waals surface area contributed by atoms with Crippen molar-refractivity contribution in [3.05, 3.63) is 108 Å². The van der Waals surface area contributed by atoms with E-state index in [1.807, 2.05) is 54.6 Å². The number of methoxy groups -OCH3 is 1. The predicted molar refractivity (Wildman–Crippen MR) is 117 cm³/mol. The van der Waals surface area contributed by atoms with Gasteiger partial charge in [-0.2, -0.15) is 0 Å². The molecule has 5 heteroatoms. The van der Waals surface area contributed by atoms with Crippen molar-refractivity contribution < 1.29 is 14.3 Å². The van der Waals surface area contributed by atoms with Crippen LogP contribution in [0.1, 0.15) is 16.7 Å². The van der Waals surface area contributed by atoms with E-state index in [1.165, 1.54) is 7.11 Å². The standard InChI is InChI=1S/C24H23NO3S/c1-28-23(27)22(25-18-26)17-29-24(19-11-5-2-6-12-19,20-13-7-3-8-14-20)21-15-9-4-10-16-21/h2-16,18,22H,17H2,1H3,(H,25,26). The molecule has 1 unspecified atom stereocenters. The molecule has 3 aromatic rings. The van der Waals surface area contributed by atoms with Gasteiger partial charge >= 0.3 is 5.97 Å². The van der Waals surface area contributed by atoms with Gasteiger partial charge in [0.05, 0.1) is 11.9 Å². The molecule has 0 fully saturated rings. The van der Waals surface area contributed by atoms with E-state index >= 15 is 0 Å². The first-order chi connectivity index (χ1) is 14.2. The van der Waals surface area contributed by atoms with Crippen molar-refractivity contribution in [3.63, 3.8) is 0 Å². The van der Waals surface area contributed by atoms with Crippen LogP contribution in [0.15, 0.2) is 91.0 Å². The Labute approximate surface area is 175 Å². The highest BCUT2D eigenvalue weighted by atomic mass is 32.2. The smallest absolute Gasteiger partial charge is 0.329 e. The maximum Gasteiger partial charge on any atom is 0.329 e. The Bertz CT molecular complexity index is 820. The third kappa shape index (κ3) is 4.51. The van der Waals surface area contributed by atoms with Gasteiger partial charge in [-0.05, 0) is 16.7 Å². The molecule has 1 N–H and O–H groups in total. The topological polar surface area (TPSA) is 55.4 Å². The second-order valence-corrected chi connectivity index (χ2v) is 7.68. The SMILES string of the molecule is COC(=O)C(CSC(c1ccccc1)(c1ccccc1)c1ccccc1)NC=O. The van der Waals surface area contributed by atoms with E-state index in [0.717, 1.165) is 16.7 Å². The summed E-state index contributed by atoms with van der Waals surface area (Å²) in [6.07, 6.45) is 0.539. The summed E-state index contributed by atoms with van der Waals surface area (Å²) in [6.45, 7) is 0. The van der Waals surface area contributed by atoms with E-state index in [1.54, 1.807) is 11.8 Å². The van der Waals surface area contributed by atoms with Crippen LogP contribution in [0, 0.1) is 0 Å². The molecule has 0 aliphatic heterocycles. The molecule has 0 heterocycles. The molecule has 29 heavy (non-hydrogen) atoms. The van der Waals surface area contributed by atoms with Gasteiger partial charge in [-0.3, -0.25) is 4.79 Å². The molecule has 1 amide bonds. The van der Waals surface area contributed by atoms with Crippen molar-refractivity contribution in [3.8, 4) is 0 Å². The quantitative estimate of drug-likeness (QED) is 0.332. The van der Waals surface area contributed by atoms with Crippen LogP contribution in [0.3, 0.4) is 0 Å². The number of ether oxygens (including phenoxy) is 1. The van der Waals surface area contributed by atoms with Gasteiger partial charge in [-0.1, -0.05) is 91.0 Å². The average Bonchev–Trinajstić information content (AvgIpc) is 2.80. The molecule has 0 aliphatic rings. The zero-order chi connectivity index (χ0) is 20.5. The minimum Gasteiger partial charge on any atom is -0.467 e.